The number of methoxy groups -OCH3 is 1. The number of nitrogens with zero attached hydrogens (tertiary/aromatic N) is 1. The molecule has 0 aliphatic carbocycles. The quantitative estimate of drug-likeness (QED) is 0.651. The Morgan fingerprint density at radius 3 is 2.87 bits per heavy atom. The van der Waals surface area contributed by atoms with Gasteiger partial charge in [0, 0.05) is 13.1 Å². The van der Waals surface area contributed by atoms with Crippen LogP contribution in [0.25, 0.3) is 0 Å². The van der Waals surface area contributed by atoms with Gasteiger partial charge in [-0.2, -0.15) is 0 Å². The van der Waals surface area contributed by atoms with Crippen LogP contribution in [0.5, 0.6) is 0 Å². The number of amides is 1. The zero-order valence-electron chi connectivity index (χ0n) is 8.64. The molecule has 86 valence electrons. The Kier molecular flexibility index (Phi) is 4.36. The van der Waals surface area contributed by atoms with Crippen LogP contribution < -0.4 is 0 Å². The third-order valence-electron chi connectivity index (χ3n) is 2.30. The van der Waals surface area contributed by atoms with Crippen molar-refractivity contribution in [2.45, 2.75) is 6.42 Å². The summed E-state index contributed by atoms with van der Waals surface area (Å²) in [6.07, 6.45) is 0.108. The van der Waals surface area contributed by atoms with Crippen LogP contribution in [0.4, 0.5) is 4.79 Å². The summed E-state index contributed by atoms with van der Waals surface area (Å²) in [7, 11) is 1.33. The van der Waals surface area contributed by atoms with Crippen LogP contribution in [0.15, 0.2) is 0 Å². The van der Waals surface area contributed by atoms with Gasteiger partial charge in [0.2, 0.25) is 0 Å². The van der Waals surface area contributed by atoms with Crippen molar-refractivity contribution in [3.8, 4) is 0 Å². The normalized spacial score (nSPS) is 20.1. The number of likely N-dealkylation sites (tertiary alicyclic amines) is 1. The Morgan fingerprint density at radius 1 is 1.53 bits per heavy atom. The van der Waals surface area contributed by atoms with Gasteiger partial charge in [-0.15, -0.1) is 0 Å². The first-order valence-electron chi connectivity index (χ1n) is 4.79. The van der Waals surface area contributed by atoms with Gasteiger partial charge in [0.1, 0.15) is 6.61 Å². The molecular weight excluding hydrogens is 202 g/mol. The highest BCUT2D eigenvalue weighted by Crippen LogP contribution is 2.17. The Bertz CT molecular complexity index is 243. The largest absolute Gasteiger partial charge is 0.469 e. The van der Waals surface area contributed by atoms with E-state index < -0.39 is 6.09 Å². The van der Waals surface area contributed by atoms with Crippen LogP contribution in [0.2, 0.25) is 0 Å². The average Bonchev–Trinajstić information content (AvgIpc) is 2.74. The van der Waals surface area contributed by atoms with E-state index in [0.29, 0.717) is 19.5 Å². The van der Waals surface area contributed by atoms with Crippen molar-refractivity contribution >= 4 is 12.1 Å². The number of hydrogen-bond donors (Lipinski definition) is 1. The molecule has 0 spiro atoms. The zero-order valence-corrected chi connectivity index (χ0v) is 8.64. The summed E-state index contributed by atoms with van der Waals surface area (Å²) in [4.78, 5) is 23.9. The molecule has 1 rings (SSSR count). The Morgan fingerprint density at radius 2 is 2.27 bits per heavy atom. The molecule has 6 nitrogen and oxygen atoms in total. The third kappa shape index (κ3) is 3.09. The van der Waals surface area contributed by atoms with Crippen molar-refractivity contribution in [1.29, 1.82) is 0 Å². The lowest BCUT2D eigenvalue weighted by Crippen LogP contribution is -2.31. The Hall–Kier alpha value is -1.30. The van der Waals surface area contributed by atoms with Gasteiger partial charge in [0.05, 0.1) is 19.6 Å². The maximum Gasteiger partial charge on any atom is 0.409 e. The number of aliphatic hydroxyl groups excluding tert-OH is 1. The second-order valence-corrected chi connectivity index (χ2v) is 3.29. The molecule has 1 N–H and O–H groups in total. The van der Waals surface area contributed by atoms with E-state index in [9.17, 15) is 9.59 Å². The van der Waals surface area contributed by atoms with Gasteiger partial charge in [-0.05, 0) is 6.42 Å². The van der Waals surface area contributed by atoms with Crippen molar-refractivity contribution in [2.24, 2.45) is 5.92 Å². The minimum Gasteiger partial charge on any atom is -0.469 e. The zero-order chi connectivity index (χ0) is 11.3. The van der Waals surface area contributed by atoms with Gasteiger partial charge in [0.15, 0.2) is 0 Å². The molecule has 1 unspecified atom stereocenters. The van der Waals surface area contributed by atoms with Crippen LogP contribution in [-0.4, -0.2) is 55.5 Å². The minimum atomic E-state index is -0.490. The number of carbonyl (C=O) groups is 2. The molecule has 1 amide bonds. The SMILES string of the molecule is COC(=O)C1CCN(C(=O)OCCO)C1. The predicted octanol–water partition coefficient (Wildman–Crippen LogP) is -0.390. The minimum absolute atomic E-state index is 0.0157. The van der Waals surface area contributed by atoms with Gasteiger partial charge in [-0.1, -0.05) is 0 Å². The molecule has 0 aromatic rings. The maximum absolute atomic E-state index is 11.3. The fourth-order valence-electron chi connectivity index (χ4n) is 1.51. The summed E-state index contributed by atoms with van der Waals surface area (Å²) in [6, 6.07) is 0. The number of ether oxygens (including phenoxy) is 2. The van der Waals surface area contributed by atoms with E-state index in [4.69, 9.17) is 9.84 Å². The molecule has 0 aromatic heterocycles. The summed E-state index contributed by atoms with van der Waals surface area (Å²) >= 11 is 0. The first-order valence-corrected chi connectivity index (χ1v) is 4.79. The number of aliphatic hydroxyl groups is 1. The molecule has 0 radical (unpaired) electrons. The maximum atomic E-state index is 11.3. The standard InChI is InChI=1S/C9H15NO5/c1-14-8(12)7-2-3-10(6-7)9(13)15-5-4-11/h7,11H,2-6H2,1H3. The van der Waals surface area contributed by atoms with Gasteiger partial charge in [-0.25, -0.2) is 4.79 Å². The molecule has 15 heavy (non-hydrogen) atoms. The summed E-state index contributed by atoms with van der Waals surface area (Å²) in [5.74, 6) is -0.552. The van der Waals surface area contributed by atoms with Crippen LogP contribution in [0.3, 0.4) is 0 Å². The molecule has 6 heteroatoms. The predicted molar refractivity (Wildman–Crippen MR) is 50.1 cm³/mol. The topological polar surface area (TPSA) is 76.1 Å². The Balaban J connectivity index is 2.35. The number of hydrogen-bond acceptors (Lipinski definition) is 5. The number of rotatable bonds is 3. The second-order valence-electron chi connectivity index (χ2n) is 3.29. The van der Waals surface area contributed by atoms with Crippen molar-refractivity contribution in [3.05, 3.63) is 0 Å². The van der Waals surface area contributed by atoms with E-state index in [0.717, 1.165) is 0 Å². The summed E-state index contributed by atoms with van der Waals surface area (Å²) < 4.78 is 9.31. The lowest BCUT2D eigenvalue weighted by atomic mass is 10.1. The molecule has 0 bridgehead atoms. The molecule has 1 aliphatic rings. The first-order chi connectivity index (χ1) is 7.19. The van der Waals surface area contributed by atoms with Crippen molar-refractivity contribution in [1.82, 2.24) is 4.90 Å². The van der Waals surface area contributed by atoms with Crippen LogP contribution >= 0.6 is 0 Å². The van der Waals surface area contributed by atoms with E-state index in [1.807, 2.05) is 0 Å². The van der Waals surface area contributed by atoms with Crippen molar-refractivity contribution in [3.63, 3.8) is 0 Å². The molecule has 0 saturated carbocycles. The van der Waals surface area contributed by atoms with Gasteiger partial charge in [0.25, 0.3) is 0 Å². The lowest BCUT2D eigenvalue weighted by molar-refractivity contribution is -0.144. The molecule has 0 aromatic carbocycles. The number of esters is 1. The van der Waals surface area contributed by atoms with Gasteiger partial charge < -0.3 is 19.5 Å². The van der Waals surface area contributed by atoms with Crippen LogP contribution in [0.1, 0.15) is 6.42 Å². The summed E-state index contributed by atoms with van der Waals surface area (Å²) in [6.45, 7) is 0.610. The van der Waals surface area contributed by atoms with E-state index in [-0.39, 0.29) is 25.1 Å². The van der Waals surface area contributed by atoms with Crippen LogP contribution in [-0.2, 0) is 14.3 Å². The molecule has 1 heterocycles. The second kappa shape index (κ2) is 5.55. The van der Waals surface area contributed by atoms with Gasteiger partial charge >= 0.3 is 12.1 Å². The van der Waals surface area contributed by atoms with Crippen molar-refractivity contribution in [2.75, 3.05) is 33.4 Å². The molecule has 1 saturated heterocycles. The molecule has 1 aliphatic heterocycles. The molecular formula is C9H15NO5. The third-order valence-corrected chi connectivity index (χ3v) is 2.30. The fraction of sp³-hybridized carbons (Fsp3) is 0.778. The summed E-state index contributed by atoms with van der Waals surface area (Å²) in [5, 5.41) is 8.47. The molecule has 1 fully saturated rings. The van der Waals surface area contributed by atoms with E-state index >= 15 is 0 Å². The van der Waals surface area contributed by atoms with E-state index in [1.54, 1.807) is 0 Å². The first kappa shape index (κ1) is 11.8. The van der Waals surface area contributed by atoms with E-state index in [1.165, 1.54) is 12.0 Å². The van der Waals surface area contributed by atoms with Crippen LogP contribution in [0, 0.1) is 5.92 Å². The highest BCUT2D eigenvalue weighted by molar-refractivity contribution is 5.75. The Labute approximate surface area is 87.8 Å². The summed E-state index contributed by atoms with van der Waals surface area (Å²) in [5.41, 5.74) is 0. The highest BCUT2D eigenvalue weighted by atomic mass is 16.6. The van der Waals surface area contributed by atoms with Crippen molar-refractivity contribution < 1.29 is 24.2 Å². The average molecular weight is 217 g/mol. The van der Waals surface area contributed by atoms with E-state index in [2.05, 4.69) is 4.74 Å². The fourth-order valence-corrected chi connectivity index (χ4v) is 1.51. The monoisotopic (exact) mass is 217 g/mol. The smallest absolute Gasteiger partial charge is 0.409 e. The molecule has 1 atom stereocenters. The number of carbonyl (C=O) groups excluding carboxylic acids is 2. The highest BCUT2D eigenvalue weighted by Gasteiger charge is 2.32. The lowest BCUT2D eigenvalue weighted by Gasteiger charge is -2.15. The van der Waals surface area contributed by atoms with Gasteiger partial charge in [-0.3, -0.25) is 4.79 Å².